The molecular weight excluding hydrogens is 174 g/mol. The van der Waals surface area contributed by atoms with Gasteiger partial charge in [0.2, 0.25) is 0 Å². The van der Waals surface area contributed by atoms with Crippen molar-refractivity contribution in [2.24, 2.45) is 5.73 Å². The average Bonchev–Trinajstić information content (AvgIpc) is 2.26. The molecule has 78 valence electrons. The van der Waals surface area contributed by atoms with Crippen LogP contribution in [0.2, 0.25) is 0 Å². The molecule has 0 bridgehead atoms. The standard InChI is InChI=1S/C12H19NO/c1-3-9-14-10(2)12(13)11-7-5-4-6-8-11/h4-8,10,12H,3,9,13H2,1-2H3. The molecule has 0 aliphatic carbocycles. The van der Waals surface area contributed by atoms with Crippen LogP contribution in [0.25, 0.3) is 0 Å². The number of ether oxygens (including phenoxy) is 1. The van der Waals surface area contributed by atoms with E-state index in [-0.39, 0.29) is 12.1 Å². The number of hydrogen-bond acceptors (Lipinski definition) is 2. The van der Waals surface area contributed by atoms with E-state index in [1.807, 2.05) is 37.3 Å². The monoisotopic (exact) mass is 193 g/mol. The number of rotatable bonds is 5. The molecule has 1 rings (SSSR count). The lowest BCUT2D eigenvalue weighted by Gasteiger charge is -2.20. The van der Waals surface area contributed by atoms with E-state index < -0.39 is 0 Å². The third-order valence-electron chi connectivity index (χ3n) is 2.28. The lowest BCUT2D eigenvalue weighted by atomic mass is 10.0. The second-order valence-electron chi connectivity index (χ2n) is 3.51. The molecule has 2 heteroatoms. The number of hydrogen-bond donors (Lipinski definition) is 1. The van der Waals surface area contributed by atoms with E-state index in [1.165, 1.54) is 0 Å². The molecule has 0 aliphatic rings. The van der Waals surface area contributed by atoms with Crippen LogP contribution in [0.4, 0.5) is 0 Å². The second-order valence-corrected chi connectivity index (χ2v) is 3.51. The zero-order chi connectivity index (χ0) is 10.4. The van der Waals surface area contributed by atoms with Crippen LogP contribution in [0.1, 0.15) is 31.9 Å². The highest BCUT2D eigenvalue weighted by Gasteiger charge is 2.14. The van der Waals surface area contributed by atoms with Crippen molar-refractivity contribution in [3.8, 4) is 0 Å². The van der Waals surface area contributed by atoms with Gasteiger partial charge in [0.15, 0.2) is 0 Å². The summed E-state index contributed by atoms with van der Waals surface area (Å²) in [6, 6.07) is 10.0. The Kier molecular flexibility index (Phi) is 4.63. The van der Waals surface area contributed by atoms with E-state index in [4.69, 9.17) is 10.5 Å². The highest BCUT2D eigenvalue weighted by molar-refractivity contribution is 5.19. The van der Waals surface area contributed by atoms with E-state index in [0.29, 0.717) is 0 Å². The molecule has 14 heavy (non-hydrogen) atoms. The summed E-state index contributed by atoms with van der Waals surface area (Å²) < 4.78 is 5.58. The summed E-state index contributed by atoms with van der Waals surface area (Å²) in [6.07, 6.45) is 1.11. The molecule has 0 amide bonds. The highest BCUT2D eigenvalue weighted by Crippen LogP contribution is 2.15. The van der Waals surface area contributed by atoms with Gasteiger partial charge in [-0.1, -0.05) is 37.3 Å². The predicted octanol–water partition coefficient (Wildman–Crippen LogP) is 2.50. The van der Waals surface area contributed by atoms with Crippen molar-refractivity contribution in [2.75, 3.05) is 6.61 Å². The first-order valence-corrected chi connectivity index (χ1v) is 5.17. The van der Waals surface area contributed by atoms with Gasteiger partial charge in [-0.2, -0.15) is 0 Å². The third-order valence-corrected chi connectivity index (χ3v) is 2.28. The summed E-state index contributed by atoms with van der Waals surface area (Å²) in [5.74, 6) is 0. The largest absolute Gasteiger partial charge is 0.377 e. The molecule has 0 heterocycles. The fraction of sp³-hybridized carbons (Fsp3) is 0.500. The van der Waals surface area contributed by atoms with Crippen LogP contribution in [0, 0.1) is 0 Å². The SMILES string of the molecule is CCCOC(C)C(N)c1ccccc1. The molecule has 2 unspecified atom stereocenters. The molecule has 0 spiro atoms. The molecule has 2 atom stereocenters. The molecule has 0 aromatic heterocycles. The number of benzene rings is 1. The molecule has 1 aromatic carbocycles. The van der Waals surface area contributed by atoms with E-state index in [1.54, 1.807) is 0 Å². The van der Waals surface area contributed by atoms with Crippen LogP contribution < -0.4 is 5.73 Å². The Bertz CT molecular complexity index is 248. The van der Waals surface area contributed by atoms with Crippen LogP contribution in [0.3, 0.4) is 0 Å². The molecule has 1 aromatic rings. The van der Waals surface area contributed by atoms with Gasteiger partial charge in [-0.15, -0.1) is 0 Å². The van der Waals surface area contributed by atoms with Crippen LogP contribution in [0.5, 0.6) is 0 Å². The summed E-state index contributed by atoms with van der Waals surface area (Å²) in [6.45, 7) is 4.90. The maximum absolute atomic E-state index is 6.05. The summed E-state index contributed by atoms with van der Waals surface area (Å²) in [4.78, 5) is 0. The minimum Gasteiger partial charge on any atom is -0.377 e. The van der Waals surface area contributed by atoms with Gasteiger partial charge < -0.3 is 10.5 Å². The fourth-order valence-corrected chi connectivity index (χ4v) is 1.35. The minimum absolute atomic E-state index is 0.0252. The van der Waals surface area contributed by atoms with Gasteiger partial charge in [-0.3, -0.25) is 0 Å². The first-order chi connectivity index (χ1) is 6.75. The van der Waals surface area contributed by atoms with Crippen LogP contribution >= 0.6 is 0 Å². The topological polar surface area (TPSA) is 35.2 Å². The van der Waals surface area contributed by atoms with Gasteiger partial charge in [0.05, 0.1) is 12.1 Å². The third kappa shape index (κ3) is 3.13. The summed E-state index contributed by atoms with van der Waals surface area (Å²) in [7, 11) is 0. The molecular formula is C12H19NO. The molecule has 0 saturated carbocycles. The molecule has 0 radical (unpaired) electrons. The molecule has 2 N–H and O–H groups in total. The fourth-order valence-electron chi connectivity index (χ4n) is 1.35. The Morgan fingerprint density at radius 1 is 1.29 bits per heavy atom. The van der Waals surface area contributed by atoms with Gasteiger partial charge in [-0.25, -0.2) is 0 Å². The Hall–Kier alpha value is -0.860. The highest BCUT2D eigenvalue weighted by atomic mass is 16.5. The molecule has 2 nitrogen and oxygen atoms in total. The Labute approximate surface area is 86.1 Å². The number of nitrogens with two attached hydrogens (primary N) is 1. The van der Waals surface area contributed by atoms with Crippen LogP contribution in [0.15, 0.2) is 30.3 Å². The summed E-state index contributed by atoms with van der Waals surface area (Å²) in [5, 5.41) is 0. The van der Waals surface area contributed by atoms with E-state index >= 15 is 0 Å². The molecule has 0 aliphatic heterocycles. The lowest BCUT2D eigenvalue weighted by Crippen LogP contribution is -2.26. The smallest absolute Gasteiger partial charge is 0.0739 e. The minimum atomic E-state index is -0.0252. The normalized spacial score (nSPS) is 15.1. The van der Waals surface area contributed by atoms with E-state index in [2.05, 4.69) is 6.92 Å². The van der Waals surface area contributed by atoms with E-state index in [9.17, 15) is 0 Å². The first-order valence-electron chi connectivity index (χ1n) is 5.17. The van der Waals surface area contributed by atoms with Gasteiger partial charge in [0.25, 0.3) is 0 Å². The Morgan fingerprint density at radius 3 is 2.50 bits per heavy atom. The quantitative estimate of drug-likeness (QED) is 0.779. The second kappa shape index (κ2) is 5.78. The van der Waals surface area contributed by atoms with Crippen molar-refractivity contribution in [3.63, 3.8) is 0 Å². The zero-order valence-corrected chi connectivity index (χ0v) is 8.94. The van der Waals surface area contributed by atoms with E-state index in [0.717, 1.165) is 18.6 Å². The summed E-state index contributed by atoms with van der Waals surface area (Å²) >= 11 is 0. The van der Waals surface area contributed by atoms with Gasteiger partial charge in [-0.05, 0) is 18.9 Å². The van der Waals surface area contributed by atoms with Crippen molar-refractivity contribution >= 4 is 0 Å². The van der Waals surface area contributed by atoms with Crippen molar-refractivity contribution in [1.29, 1.82) is 0 Å². The maximum atomic E-state index is 6.05. The molecule has 0 fully saturated rings. The van der Waals surface area contributed by atoms with Crippen molar-refractivity contribution in [1.82, 2.24) is 0 Å². The Morgan fingerprint density at radius 2 is 1.93 bits per heavy atom. The zero-order valence-electron chi connectivity index (χ0n) is 8.94. The maximum Gasteiger partial charge on any atom is 0.0739 e. The van der Waals surface area contributed by atoms with Crippen molar-refractivity contribution in [2.45, 2.75) is 32.4 Å². The molecule has 0 saturated heterocycles. The van der Waals surface area contributed by atoms with Gasteiger partial charge in [0, 0.05) is 6.61 Å². The lowest BCUT2D eigenvalue weighted by molar-refractivity contribution is 0.0485. The van der Waals surface area contributed by atoms with Gasteiger partial charge >= 0.3 is 0 Å². The Balaban J connectivity index is 2.52. The van der Waals surface area contributed by atoms with Crippen LogP contribution in [-0.4, -0.2) is 12.7 Å². The first kappa shape index (κ1) is 11.2. The van der Waals surface area contributed by atoms with Crippen molar-refractivity contribution in [3.05, 3.63) is 35.9 Å². The van der Waals surface area contributed by atoms with Crippen molar-refractivity contribution < 1.29 is 4.74 Å². The average molecular weight is 193 g/mol. The van der Waals surface area contributed by atoms with Crippen LogP contribution in [-0.2, 0) is 4.74 Å². The summed E-state index contributed by atoms with van der Waals surface area (Å²) in [5.41, 5.74) is 7.19. The van der Waals surface area contributed by atoms with Gasteiger partial charge in [0.1, 0.15) is 0 Å². The predicted molar refractivity (Wildman–Crippen MR) is 59.1 cm³/mol.